The van der Waals surface area contributed by atoms with E-state index in [0.29, 0.717) is 6.54 Å². The van der Waals surface area contributed by atoms with Crippen LogP contribution in [0.15, 0.2) is 60.7 Å². The zero-order valence-electron chi connectivity index (χ0n) is 15.6. The highest BCUT2D eigenvalue weighted by Crippen LogP contribution is 2.22. The second-order valence-corrected chi connectivity index (χ2v) is 7.00. The smallest absolute Gasteiger partial charge is 0.253 e. The van der Waals surface area contributed by atoms with E-state index in [0.717, 1.165) is 48.7 Å². The van der Waals surface area contributed by atoms with E-state index in [1.165, 1.54) is 5.56 Å². The Morgan fingerprint density at radius 2 is 1.74 bits per heavy atom. The number of carbonyl (C=O) groups is 1. The van der Waals surface area contributed by atoms with Crippen LogP contribution in [0.1, 0.15) is 22.3 Å². The first-order chi connectivity index (χ1) is 13.2. The van der Waals surface area contributed by atoms with E-state index >= 15 is 0 Å². The van der Waals surface area contributed by atoms with Crippen LogP contribution >= 0.6 is 0 Å². The maximum absolute atomic E-state index is 12.8. The van der Waals surface area contributed by atoms with Crippen molar-refractivity contribution in [3.05, 3.63) is 71.8 Å². The van der Waals surface area contributed by atoms with E-state index < -0.39 is 0 Å². The van der Waals surface area contributed by atoms with Gasteiger partial charge in [-0.3, -0.25) is 9.89 Å². The molecule has 1 aromatic heterocycles. The highest BCUT2D eigenvalue weighted by Gasteiger charge is 2.21. The van der Waals surface area contributed by atoms with Crippen LogP contribution in [-0.2, 0) is 0 Å². The molecule has 3 aromatic rings. The van der Waals surface area contributed by atoms with Gasteiger partial charge in [0.2, 0.25) is 0 Å². The summed E-state index contributed by atoms with van der Waals surface area (Å²) in [6, 6.07) is 20.1. The lowest BCUT2D eigenvalue weighted by atomic mass is 10.1. The second-order valence-electron chi connectivity index (χ2n) is 7.00. The molecular weight excluding hydrogens is 336 g/mol. The molecule has 1 N–H and O–H groups in total. The van der Waals surface area contributed by atoms with Crippen LogP contribution in [0.5, 0.6) is 0 Å². The minimum atomic E-state index is 0.115. The Balaban J connectivity index is 1.44. The van der Waals surface area contributed by atoms with Crippen molar-refractivity contribution in [3.63, 3.8) is 0 Å². The number of H-pyrrole nitrogens is 1. The highest BCUT2D eigenvalue weighted by molar-refractivity contribution is 5.94. The molecule has 5 heteroatoms. The molecule has 0 aliphatic carbocycles. The first kappa shape index (κ1) is 17.3. The van der Waals surface area contributed by atoms with Crippen LogP contribution in [0.4, 0.5) is 5.82 Å². The molecule has 1 aliphatic rings. The zero-order chi connectivity index (χ0) is 18.6. The van der Waals surface area contributed by atoms with Crippen molar-refractivity contribution in [3.8, 4) is 11.3 Å². The van der Waals surface area contributed by atoms with E-state index in [1.54, 1.807) is 0 Å². The number of nitrogens with zero attached hydrogens (tertiary/aromatic N) is 3. The maximum Gasteiger partial charge on any atom is 0.253 e. The summed E-state index contributed by atoms with van der Waals surface area (Å²) in [6.45, 7) is 5.21. The molecule has 1 aliphatic heterocycles. The summed E-state index contributed by atoms with van der Waals surface area (Å²) in [5.41, 5.74) is 4.08. The third-order valence-corrected chi connectivity index (χ3v) is 5.05. The van der Waals surface area contributed by atoms with Crippen LogP contribution in [0.25, 0.3) is 11.3 Å². The lowest BCUT2D eigenvalue weighted by molar-refractivity contribution is 0.0767. The van der Waals surface area contributed by atoms with Gasteiger partial charge < -0.3 is 9.80 Å². The van der Waals surface area contributed by atoms with Crippen LogP contribution in [-0.4, -0.2) is 47.2 Å². The van der Waals surface area contributed by atoms with Crippen molar-refractivity contribution in [2.24, 2.45) is 0 Å². The number of hydrogen-bond acceptors (Lipinski definition) is 3. The molecule has 0 unspecified atom stereocenters. The summed E-state index contributed by atoms with van der Waals surface area (Å²) in [6.07, 6.45) is 0.936. The Hall–Kier alpha value is -3.08. The summed E-state index contributed by atoms with van der Waals surface area (Å²) in [7, 11) is 0. The van der Waals surface area contributed by atoms with Gasteiger partial charge in [0.25, 0.3) is 5.91 Å². The average molecular weight is 360 g/mol. The molecule has 0 spiro atoms. The predicted octanol–water partition coefficient (Wildman–Crippen LogP) is 3.74. The van der Waals surface area contributed by atoms with Gasteiger partial charge in [0.1, 0.15) is 0 Å². The molecule has 1 saturated heterocycles. The number of aromatic nitrogens is 2. The zero-order valence-corrected chi connectivity index (χ0v) is 15.6. The third kappa shape index (κ3) is 3.87. The SMILES string of the molecule is Cc1ccc(C(=O)N2CCCN(c3cc(-c4ccccc4)[nH]n3)CC2)cc1. The van der Waals surface area contributed by atoms with Gasteiger partial charge >= 0.3 is 0 Å². The van der Waals surface area contributed by atoms with E-state index in [4.69, 9.17) is 0 Å². The van der Waals surface area contributed by atoms with Crippen LogP contribution in [0.2, 0.25) is 0 Å². The van der Waals surface area contributed by atoms with Crippen LogP contribution < -0.4 is 4.90 Å². The fourth-order valence-corrected chi connectivity index (χ4v) is 3.47. The number of anilines is 1. The van der Waals surface area contributed by atoms with Crippen LogP contribution in [0.3, 0.4) is 0 Å². The van der Waals surface area contributed by atoms with E-state index in [-0.39, 0.29) is 5.91 Å². The summed E-state index contributed by atoms with van der Waals surface area (Å²) in [4.78, 5) is 17.0. The van der Waals surface area contributed by atoms with Gasteiger partial charge in [-0.05, 0) is 31.0 Å². The summed E-state index contributed by atoms with van der Waals surface area (Å²) in [5, 5.41) is 7.63. The molecule has 1 amide bonds. The Kier molecular flexibility index (Phi) is 4.92. The molecule has 0 bridgehead atoms. The molecule has 4 rings (SSSR count). The van der Waals surface area contributed by atoms with Gasteiger partial charge in [-0.15, -0.1) is 0 Å². The summed E-state index contributed by atoms with van der Waals surface area (Å²) >= 11 is 0. The van der Waals surface area contributed by atoms with Gasteiger partial charge in [-0.25, -0.2) is 0 Å². The Morgan fingerprint density at radius 3 is 2.52 bits per heavy atom. The van der Waals surface area contributed by atoms with Crippen LogP contribution in [0, 0.1) is 6.92 Å². The monoisotopic (exact) mass is 360 g/mol. The number of aryl methyl sites for hydroxylation is 1. The molecule has 27 heavy (non-hydrogen) atoms. The van der Waals surface area contributed by atoms with E-state index in [9.17, 15) is 4.79 Å². The number of hydrogen-bond donors (Lipinski definition) is 1. The third-order valence-electron chi connectivity index (χ3n) is 5.05. The molecule has 0 saturated carbocycles. The molecule has 0 radical (unpaired) electrons. The Labute approximate surface area is 159 Å². The van der Waals surface area contributed by atoms with Crippen molar-refractivity contribution in [2.75, 3.05) is 31.1 Å². The maximum atomic E-state index is 12.8. The Morgan fingerprint density at radius 1 is 0.963 bits per heavy atom. The predicted molar refractivity (Wildman–Crippen MR) is 108 cm³/mol. The van der Waals surface area contributed by atoms with Gasteiger partial charge in [0, 0.05) is 37.8 Å². The fraction of sp³-hybridized carbons (Fsp3) is 0.273. The molecular formula is C22H24N4O. The van der Waals surface area contributed by atoms with Gasteiger partial charge in [0.05, 0.1) is 5.69 Å². The summed E-state index contributed by atoms with van der Waals surface area (Å²) < 4.78 is 0. The van der Waals surface area contributed by atoms with Crippen molar-refractivity contribution in [2.45, 2.75) is 13.3 Å². The van der Waals surface area contributed by atoms with E-state index in [2.05, 4.69) is 33.3 Å². The molecule has 0 atom stereocenters. The topological polar surface area (TPSA) is 52.2 Å². The average Bonchev–Trinajstić information content (AvgIpc) is 3.07. The van der Waals surface area contributed by atoms with Crippen molar-refractivity contribution >= 4 is 11.7 Å². The molecule has 2 aromatic carbocycles. The molecule has 1 fully saturated rings. The highest BCUT2D eigenvalue weighted by atomic mass is 16.2. The standard InChI is InChI=1S/C22H24N4O/c1-17-8-10-19(11-9-17)22(27)26-13-5-12-25(14-15-26)21-16-20(23-24-21)18-6-3-2-4-7-18/h2-4,6-11,16H,5,12-15H2,1H3,(H,23,24). The number of rotatable bonds is 3. The molecule has 138 valence electrons. The molecule has 2 heterocycles. The number of amides is 1. The number of benzene rings is 2. The van der Waals surface area contributed by atoms with Gasteiger partial charge in [-0.1, -0.05) is 48.0 Å². The minimum Gasteiger partial charge on any atom is -0.353 e. The fourth-order valence-electron chi connectivity index (χ4n) is 3.47. The second kappa shape index (κ2) is 7.66. The van der Waals surface area contributed by atoms with Crippen molar-refractivity contribution in [1.82, 2.24) is 15.1 Å². The first-order valence-electron chi connectivity index (χ1n) is 9.42. The lowest BCUT2D eigenvalue weighted by Crippen LogP contribution is -2.35. The summed E-state index contributed by atoms with van der Waals surface area (Å²) in [5.74, 6) is 1.06. The van der Waals surface area contributed by atoms with E-state index in [1.807, 2.05) is 54.3 Å². The largest absolute Gasteiger partial charge is 0.353 e. The first-order valence-corrected chi connectivity index (χ1v) is 9.42. The van der Waals surface area contributed by atoms with Gasteiger partial charge in [-0.2, -0.15) is 5.10 Å². The van der Waals surface area contributed by atoms with Crippen molar-refractivity contribution < 1.29 is 4.79 Å². The van der Waals surface area contributed by atoms with Crippen molar-refractivity contribution in [1.29, 1.82) is 0 Å². The number of nitrogens with one attached hydrogen (secondary N) is 1. The quantitative estimate of drug-likeness (QED) is 0.774. The lowest BCUT2D eigenvalue weighted by Gasteiger charge is -2.22. The minimum absolute atomic E-state index is 0.115. The molecule has 5 nitrogen and oxygen atoms in total. The normalized spacial score (nSPS) is 14.9. The van der Waals surface area contributed by atoms with Gasteiger partial charge in [0.15, 0.2) is 5.82 Å². The number of carbonyl (C=O) groups excluding carboxylic acids is 1. The number of aromatic amines is 1. The Bertz CT molecular complexity index is 902.